The van der Waals surface area contributed by atoms with E-state index in [1.54, 1.807) is 0 Å². The van der Waals surface area contributed by atoms with Crippen LogP contribution < -0.4 is 15.4 Å². The van der Waals surface area contributed by atoms with Gasteiger partial charge in [0.05, 0.1) is 6.61 Å². The number of carbonyl (C=O) groups is 1. The molecule has 2 unspecified atom stereocenters. The molecule has 0 saturated carbocycles. The van der Waals surface area contributed by atoms with Crippen molar-refractivity contribution in [3.63, 3.8) is 0 Å². The molecule has 1 aromatic carbocycles. The number of amides is 1. The first kappa shape index (κ1) is 19.3. The number of nitrogens with one attached hydrogen (secondary N) is 2. The Kier molecular flexibility index (Phi) is 7.36. The maximum atomic E-state index is 11.7. The first-order valence-corrected chi connectivity index (χ1v) is 8.17. The van der Waals surface area contributed by atoms with Crippen molar-refractivity contribution >= 4 is 6.09 Å². The van der Waals surface area contributed by atoms with E-state index in [1.807, 2.05) is 46.8 Å². The Morgan fingerprint density at radius 2 is 1.78 bits per heavy atom. The number of benzene rings is 1. The molecule has 0 bridgehead atoms. The summed E-state index contributed by atoms with van der Waals surface area (Å²) in [6.45, 7) is 12.9. The van der Waals surface area contributed by atoms with Crippen molar-refractivity contribution in [2.45, 2.75) is 59.2 Å². The highest BCUT2D eigenvalue weighted by Crippen LogP contribution is 2.17. The molecule has 23 heavy (non-hydrogen) atoms. The molecule has 0 radical (unpaired) electrons. The minimum atomic E-state index is -0.479. The van der Waals surface area contributed by atoms with Crippen LogP contribution in [0, 0.1) is 0 Å². The van der Waals surface area contributed by atoms with E-state index in [-0.39, 0.29) is 18.2 Å². The average Bonchev–Trinajstić information content (AvgIpc) is 2.43. The molecule has 0 aromatic heterocycles. The predicted octanol–water partition coefficient (Wildman–Crippen LogP) is 3.65. The van der Waals surface area contributed by atoms with Crippen molar-refractivity contribution in [2.75, 3.05) is 13.2 Å². The van der Waals surface area contributed by atoms with Gasteiger partial charge in [0.1, 0.15) is 11.4 Å². The second kappa shape index (κ2) is 8.77. The van der Waals surface area contributed by atoms with Crippen LogP contribution in [0.15, 0.2) is 24.3 Å². The zero-order valence-electron chi connectivity index (χ0n) is 15.1. The molecule has 5 nitrogen and oxygen atoms in total. The lowest BCUT2D eigenvalue weighted by Gasteiger charge is -2.23. The molecule has 1 rings (SSSR count). The summed E-state index contributed by atoms with van der Waals surface area (Å²) >= 11 is 0. The van der Waals surface area contributed by atoms with Gasteiger partial charge in [0, 0.05) is 18.6 Å². The van der Waals surface area contributed by atoms with Crippen LogP contribution >= 0.6 is 0 Å². The third-order valence-corrected chi connectivity index (χ3v) is 3.18. The standard InChI is InChI=1S/C18H30N2O3/c1-7-22-16-10-8-15(9-11-16)14(3)19-12-13(2)20-17(21)23-18(4,5)6/h8-11,13-14,19H,7,12H2,1-6H3,(H,20,21). The molecule has 0 aliphatic rings. The van der Waals surface area contributed by atoms with E-state index in [1.165, 1.54) is 5.56 Å². The highest BCUT2D eigenvalue weighted by Gasteiger charge is 2.17. The molecule has 0 aliphatic carbocycles. The minimum Gasteiger partial charge on any atom is -0.494 e. The van der Waals surface area contributed by atoms with Crippen LogP contribution in [0.5, 0.6) is 5.75 Å². The maximum Gasteiger partial charge on any atom is 0.407 e. The fourth-order valence-corrected chi connectivity index (χ4v) is 2.05. The Balaban J connectivity index is 2.39. The zero-order chi connectivity index (χ0) is 17.5. The Hall–Kier alpha value is -1.75. The second-order valence-electron chi connectivity index (χ2n) is 6.68. The summed E-state index contributed by atoms with van der Waals surface area (Å²) in [5, 5.41) is 6.23. The van der Waals surface area contributed by atoms with Gasteiger partial charge in [-0.05, 0) is 59.2 Å². The number of alkyl carbamates (subject to hydrolysis) is 1. The van der Waals surface area contributed by atoms with E-state index in [0.29, 0.717) is 13.2 Å². The summed E-state index contributed by atoms with van der Waals surface area (Å²) in [6.07, 6.45) is -0.388. The lowest BCUT2D eigenvalue weighted by Crippen LogP contribution is -2.43. The second-order valence-corrected chi connectivity index (χ2v) is 6.68. The van der Waals surface area contributed by atoms with Crippen molar-refractivity contribution in [2.24, 2.45) is 0 Å². The Bertz CT molecular complexity index is 480. The number of carbonyl (C=O) groups excluding carboxylic acids is 1. The summed E-state index contributed by atoms with van der Waals surface area (Å²) in [4.78, 5) is 11.7. The molecular weight excluding hydrogens is 292 g/mol. The summed E-state index contributed by atoms with van der Waals surface area (Å²) < 4.78 is 10.7. The first-order chi connectivity index (χ1) is 10.7. The van der Waals surface area contributed by atoms with Gasteiger partial charge in [-0.1, -0.05) is 12.1 Å². The van der Waals surface area contributed by atoms with Crippen molar-refractivity contribution in [3.05, 3.63) is 29.8 Å². The number of ether oxygens (including phenoxy) is 2. The molecule has 2 N–H and O–H groups in total. The van der Waals surface area contributed by atoms with Crippen LogP contribution in [-0.2, 0) is 4.74 Å². The van der Waals surface area contributed by atoms with E-state index in [4.69, 9.17) is 9.47 Å². The topological polar surface area (TPSA) is 59.6 Å². The third kappa shape index (κ3) is 7.88. The van der Waals surface area contributed by atoms with Crippen molar-refractivity contribution < 1.29 is 14.3 Å². The van der Waals surface area contributed by atoms with Gasteiger partial charge in [-0.2, -0.15) is 0 Å². The van der Waals surface area contributed by atoms with Gasteiger partial charge in [0.15, 0.2) is 0 Å². The molecule has 0 saturated heterocycles. The SMILES string of the molecule is CCOc1ccc(C(C)NCC(C)NC(=O)OC(C)(C)C)cc1. The largest absolute Gasteiger partial charge is 0.494 e. The average molecular weight is 322 g/mol. The van der Waals surface area contributed by atoms with E-state index >= 15 is 0 Å². The lowest BCUT2D eigenvalue weighted by molar-refractivity contribution is 0.0507. The van der Waals surface area contributed by atoms with Crippen LogP contribution in [0.1, 0.15) is 53.1 Å². The van der Waals surface area contributed by atoms with E-state index in [2.05, 4.69) is 29.7 Å². The van der Waals surface area contributed by atoms with Gasteiger partial charge >= 0.3 is 6.09 Å². The molecular formula is C18H30N2O3. The highest BCUT2D eigenvalue weighted by atomic mass is 16.6. The summed E-state index contributed by atoms with van der Waals surface area (Å²) in [6, 6.07) is 8.21. The van der Waals surface area contributed by atoms with Gasteiger partial charge in [-0.15, -0.1) is 0 Å². The fraction of sp³-hybridized carbons (Fsp3) is 0.611. The van der Waals surface area contributed by atoms with Crippen LogP contribution in [0.2, 0.25) is 0 Å². The normalized spacial score (nSPS) is 14.0. The minimum absolute atomic E-state index is 0.0185. The zero-order valence-corrected chi connectivity index (χ0v) is 15.1. The molecule has 0 fully saturated rings. The Morgan fingerprint density at radius 1 is 1.17 bits per heavy atom. The molecule has 2 atom stereocenters. The van der Waals surface area contributed by atoms with Gasteiger partial charge in [0.25, 0.3) is 0 Å². The van der Waals surface area contributed by atoms with Gasteiger partial charge < -0.3 is 20.1 Å². The fourth-order valence-electron chi connectivity index (χ4n) is 2.05. The summed E-state index contributed by atoms with van der Waals surface area (Å²) in [5.74, 6) is 0.878. The van der Waals surface area contributed by atoms with Crippen molar-refractivity contribution in [1.82, 2.24) is 10.6 Å². The van der Waals surface area contributed by atoms with Gasteiger partial charge in [-0.25, -0.2) is 4.79 Å². The molecule has 5 heteroatoms. The Labute approximate surface area is 139 Å². The molecule has 130 valence electrons. The molecule has 0 heterocycles. The highest BCUT2D eigenvalue weighted by molar-refractivity contribution is 5.68. The van der Waals surface area contributed by atoms with Gasteiger partial charge in [-0.3, -0.25) is 0 Å². The smallest absolute Gasteiger partial charge is 0.407 e. The van der Waals surface area contributed by atoms with E-state index in [0.717, 1.165) is 5.75 Å². The summed E-state index contributed by atoms with van der Waals surface area (Å²) in [7, 11) is 0. The molecule has 1 aromatic rings. The molecule has 1 amide bonds. The quantitative estimate of drug-likeness (QED) is 0.804. The summed E-state index contributed by atoms with van der Waals surface area (Å²) in [5.41, 5.74) is 0.699. The monoisotopic (exact) mass is 322 g/mol. The lowest BCUT2D eigenvalue weighted by atomic mass is 10.1. The Morgan fingerprint density at radius 3 is 2.30 bits per heavy atom. The van der Waals surface area contributed by atoms with Crippen LogP contribution in [0.25, 0.3) is 0 Å². The molecule has 0 spiro atoms. The van der Waals surface area contributed by atoms with Crippen LogP contribution in [-0.4, -0.2) is 30.9 Å². The van der Waals surface area contributed by atoms with Crippen molar-refractivity contribution in [1.29, 1.82) is 0 Å². The maximum absolute atomic E-state index is 11.7. The van der Waals surface area contributed by atoms with Crippen LogP contribution in [0.3, 0.4) is 0 Å². The van der Waals surface area contributed by atoms with Gasteiger partial charge in [0.2, 0.25) is 0 Å². The van der Waals surface area contributed by atoms with E-state index < -0.39 is 5.60 Å². The number of hydrogen-bond donors (Lipinski definition) is 2. The predicted molar refractivity (Wildman–Crippen MR) is 92.9 cm³/mol. The first-order valence-electron chi connectivity index (χ1n) is 8.17. The number of rotatable bonds is 7. The van der Waals surface area contributed by atoms with E-state index in [9.17, 15) is 4.79 Å². The van der Waals surface area contributed by atoms with Crippen LogP contribution in [0.4, 0.5) is 4.79 Å². The molecule has 0 aliphatic heterocycles. The third-order valence-electron chi connectivity index (χ3n) is 3.18. The van der Waals surface area contributed by atoms with Crippen molar-refractivity contribution in [3.8, 4) is 5.75 Å². The number of hydrogen-bond acceptors (Lipinski definition) is 4.